The number of rotatable bonds is 8. The van der Waals surface area contributed by atoms with Gasteiger partial charge in [-0.2, -0.15) is 0 Å². The first-order valence-electron chi connectivity index (χ1n) is 13.1. The number of hydrogen-bond acceptors (Lipinski definition) is 9. The molecule has 1 amide bonds. The summed E-state index contributed by atoms with van der Waals surface area (Å²) in [6, 6.07) is 25.1. The van der Waals surface area contributed by atoms with Crippen molar-refractivity contribution in [3.05, 3.63) is 120 Å². The van der Waals surface area contributed by atoms with E-state index in [0.29, 0.717) is 5.56 Å². The molecule has 1 N–H and O–H groups in total. The van der Waals surface area contributed by atoms with Gasteiger partial charge in [0.25, 0.3) is 0 Å². The van der Waals surface area contributed by atoms with Crippen LogP contribution in [-0.4, -0.2) is 66.0 Å². The van der Waals surface area contributed by atoms with Crippen LogP contribution in [0.5, 0.6) is 0 Å². The van der Waals surface area contributed by atoms with Crippen molar-refractivity contribution in [2.24, 2.45) is 0 Å². The molecule has 2 heterocycles. The molecule has 2 aliphatic heterocycles. The van der Waals surface area contributed by atoms with E-state index in [1.807, 2.05) is 0 Å². The van der Waals surface area contributed by atoms with Gasteiger partial charge in [0.2, 0.25) is 5.91 Å². The van der Waals surface area contributed by atoms with Gasteiger partial charge in [-0.05, 0) is 43.3 Å². The quantitative estimate of drug-likeness (QED) is 0.329. The molecule has 1 saturated heterocycles. The normalized spacial score (nSPS) is 23.4. The molecule has 0 aliphatic carbocycles. The topological polar surface area (TPSA) is 120 Å². The lowest BCUT2D eigenvalue weighted by Crippen LogP contribution is -2.55. The molecule has 10 nitrogen and oxygen atoms in total. The largest absolute Gasteiger partial charge is 0.459 e. The van der Waals surface area contributed by atoms with Crippen LogP contribution in [0.4, 0.5) is 0 Å². The van der Waals surface area contributed by atoms with Crippen molar-refractivity contribution in [2.45, 2.75) is 37.6 Å². The van der Waals surface area contributed by atoms with Crippen LogP contribution in [0.25, 0.3) is 0 Å². The van der Waals surface area contributed by atoms with Gasteiger partial charge < -0.3 is 29.2 Å². The molecule has 0 aromatic heterocycles. The number of nitrogens with one attached hydrogen (secondary N) is 1. The van der Waals surface area contributed by atoms with Gasteiger partial charge in [0.1, 0.15) is 18.9 Å². The Morgan fingerprint density at radius 2 is 1.24 bits per heavy atom. The molecular formula is C31H28N2O8. The highest BCUT2D eigenvalue weighted by Crippen LogP contribution is 2.32. The fourth-order valence-electron chi connectivity index (χ4n) is 4.61. The number of carbonyl (C=O) groups is 4. The molecule has 210 valence electrons. The molecule has 2 aliphatic rings. The molecule has 3 aromatic carbocycles. The van der Waals surface area contributed by atoms with E-state index >= 15 is 0 Å². The molecule has 0 radical (unpaired) electrons. The van der Waals surface area contributed by atoms with Crippen LogP contribution in [-0.2, 0) is 23.7 Å². The summed E-state index contributed by atoms with van der Waals surface area (Å²) in [7, 11) is 0. The Labute approximate surface area is 236 Å². The van der Waals surface area contributed by atoms with E-state index in [-0.39, 0.29) is 23.6 Å². The molecule has 3 aromatic rings. The van der Waals surface area contributed by atoms with Gasteiger partial charge in [-0.25, -0.2) is 14.4 Å². The predicted molar refractivity (Wildman–Crippen MR) is 145 cm³/mol. The fraction of sp³-hybridized carbons (Fsp3) is 0.226. The second kappa shape index (κ2) is 12.5. The van der Waals surface area contributed by atoms with E-state index in [4.69, 9.17) is 18.9 Å². The number of esters is 3. The van der Waals surface area contributed by atoms with Crippen LogP contribution >= 0.6 is 0 Å². The average Bonchev–Trinajstić information content (AvgIpc) is 3.33. The third-order valence-corrected chi connectivity index (χ3v) is 6.67. The van der Waals surface area contributed by atoms with E-state index in [0.717, 1.165) is 0 Å². The zero-order chi connectivity index (χ0) is 28.8. The molecule has 5 atom stereocenters. The van der Waals surface area contributed by atoms with Gasteiger partial charge in [-0.1, -0.05) is 54.6 Å². The summed E-state index contributed by atoms with van der Waals surface area (Å²) in [5.41, 5.74) is 0.902. The van der Waals surface area contributed by atoms with Gasteiger partial charge in [-0.3, -0.25) is 4.79 Å². The third kappa shape index (κ3) is 6.44. The molecule has 5 rings (SSSR count). The average molecular weight is 557 g/mol. The van der Waals surface area contributed by atoms with Gasteiger partial charge in [0, 0.05) is 12.3 Å². The predicted octanol–water partition coefficient (Wildman–Crippen LogP) is 3.31. The van der Waals surface area contributed by atoms with E-state index in [2.05, 4.69) is 5.32 Å². The Bertz CT molecular complexity index is 1410. The Kier molecular flexibility index (Phi) is 8.40. The number of amides is 1. The van der Waals surface area contributed by atoms with Crippen molar-refractivity contribution in [1.82, 2.24) is 10.2 Å². The number of carbonyl (C=O) groups excluding carboxylic acids is 4. The Hall–Kier alpha value is -4.96. The first kappa shape index (κ1) is 27.6. The minimum Gasteiger partial charge on any atom is -0.459 e. The molecule has 0 bridgehead atoms. The van der Waals surface area contributed by atoms with Crippen molar-refractivity contribution >= 4 is 23.8 Å². The number of hydrogen-bond donors (Lipinski definition) is 1. The molecule has 1 fully saturated rings. The maximum atomic E-state index is 13.2. The number of nitrogens with zero attached hydrogens (tertiary/aromatic N) is 1. The summed E-state index contributed by atoms with van der Waals surface area (Å²) in [5.74, 6) is -2.23. The summed E-state index contributed by atoms with van der Waals surface area (Å²) in [6.45, 7) is 1.43. The SMILES string of the molecule is CC1NC(=O)C=CN1[C@@H]1O[C@H](COC(=O)c2ccccc2)[C@H](OC(=O)c2ccccc2)[C@@H]1OC(=O)c1ccccc1. The summed E-state index contributed by atoms with van der Waals surface area (Å²) < 4.78 is 23.7. The Balaban J connectivity index is 1.46. The summed E-state index contributed by atoms with van der Waals surface area (Å²) in [6.07, 6.45) is -2.04. The lowest BCUT2D eigenvalue weighted by atomic mass is 10.1. The van der Waals surface area contributed by atoms with Gasteiger partial charge in [0.15, 0.2) is 18.4 Å². The van der Waals surface area contributed by atoms with Crippen LogP contribution < -0.4 is 5.32 Å². The smallest absolute Gasteiger partial charge is 0.338 e. The molecule has 0 saturated carbocycles. The maximum absolute atomic E-state index is 13.2. The van der Waals surface area contributed by atoms with Crippen LogP contribution in [0, 0.1) is 0 Å². The van der Waals surface area contributed by atoms with Crippen molar-refractivity contribution in [2.75, 3.05) is 6.61 Å². The first-order chi connectivity index (χ1) is 19.9. The number of benzene rings is 3. The molecule has 1 unspecified atom stereocenters. The summed E-state index contributed by atoms with van der Waals surface area (Å²) in [4.78, 5) is 52.7. The van der Waals surface area contributed by atoms with Crippen LogP contribution in [0.3, 0.4) is 0 Å². The van der Waals surface area contributed by atoms with Crippen molar-refractivity contribution in [3.63, 3.8) is 0 Å². The Morgan fingerprint density at radius 3 is 1.76 bits per heavy atom. The summed E-state index contributed by atoms with van der Waals surface area (Å²) >= 11 is 0. The number of ether oxygens (including phenoxy) is 4. The van der Waals surface area contributed by atoms with Crippen molar-refractivity contribution < 1.29 is 38.1 Å². The first-order valence-corrected chi connectivity index (χ1v) is 13.1. The maximum Gasteiger partial charge on any atom is 0.338 e. The highest BCUT2D eigenvalue weighted by atomic mass is 16.7. The van der Waals surface area contributed by atoms with E-state index < -0.39 is 48.6 Å². The third-order valence-electron chi connectivity index (χ3n) is 6.67. The lowest BCUT2D eigenvalue weighted by molar-refractivity contribution is -0.126. The Morgan fingerprint density at radius 1 is 0.756 bits per heavy atom. The fourth-order valence-corrected chi connectivity index (χ4v) is 4.61. The van der Waals surface area contributed by atoms with E-state index in [1.54, 1.807) is 103 Å². The zero-order valence-electron chi connectivity index (χ0n) is 22.1. The van der Waals surface area contributed by atoms with Crippen LogP contribution in [0.1, 0.15) is 38.0 Å². The monoisotopic (exact) mass is 556 g/mol. The zero-order valence-corrected chi connectivity index (χ0v) is 22.1. The van der Waals surface area contributed by atoms with Gasteiger partial charge in [0.05, 0.1) is 16.7 Å². The second-order valence-electron chi connectivity index (χ2n) is 9.45. The highest BCUT2D eigenvalue weighted by Gasteiger charge is 2.53. The van der Waals surface area contributed by atoms with Gasteiger partial charge >= 0.3 is 17.9 Å². The van der Waals surface area contributed by atoms with Crippen molar-refractivity contribution in [1.29, 1.82) is 0 Å². The minimum absolute atomic E-state index is 0.280. The molecule has 41 heavy (non-hydrogen) atoms. The second-order valence-corrected chi connectivity index (χ2v) is 9.45. The molecule has 10 heteroatoms. The molecular weight excluding hydrogens is 528 g/mol. The van der Waals surface area contributed by atoms with E-state index in [9.17, 15) is 19.2 Å². The van der Waals surface area contributed by atoms with Gasteiger partial charge in [-0.15, -0.1) is 0 Å². The standard InChI is InChI=1S/C31H28N2O8/c1-20-32-25(34)17-18-33(20)28-27(41-31(37)23-15-9-4-10-16-23)26(40-30(36)22-13-7-3-8-14-22)24(39-28)19-38-29(35)21-11-5-2-6-12-21/h2-18,20,24,26-28H,19H2,1H3,(H,32,34)/t20?,24-,26+,27+,28-/m1/s1. The summed E-state index contributed by atoms with van der Waals surface area (Å²) in [5, 5.41) is 2.77. The molecule has 0 spiro atoms. The van der Waals surface area contributed by atoms with Crippen molar-refractivity contribution in [3.8, 4) is 0 Å². The van der Waals surface area contributed by atoms with Crippen LogP contribution in [0.15, 0.2) is 103 Å². The van der Waals surface area contributed by atoms with Crippen LogP contribution in [0.2, 0.25) is 0 Å². The van der Waals surface area contributed by atoms with E-state index in [1.165, 1.54) is 12.3 Å². The highest BCUT2D eigenvalue weighted by molar-refractivity contribution is 5.91. The lowest BCUT2D eigenvalue weighted by Gasteiger charge is -2.37. The minimum atomic E-state index is -1.16.